The maximum Gasteiger partial charge on any atom is 0.235 e. The molecule has 6 heteroatoms. The van der Waals surface area contributed by atoms with Crippen LogP contribution in [0.2, 0.25) is 0 Å². The smallest absolute Gasteiger partial charge is 0.235 e. The second-order valence-corrected chi connectivity index (χ2v) is 6.14. The van der Waals surface area contributed by atoms with E-state index in [1.807, 2.05) is 0 Å². The molecule has 0 unspecified atom stereocenters. The lowest BCUT2D eigenvalue weighted by atomic mass is 9.79. The second kappa shape index (κ2) is 6.20. The fourth-order valence-electron chi connectivity index (χ4n) is 2.35. The van der Waals surface area contributed by atoms with E-state index in [0.29, 0.717) is 6.61 Å². The van der Waals surface area contributed by atoms with E-state index < -0.39 is 0 Å². The highest BCUT2D eigenvalue weighted by Gasteiger charge is 2.40. The summed E-state index contributed by atoms with van der Waals surface area (Å²) in [5, 5.41) is 7.49. The molecule has 19 heavy (non-hydrogen) atoms. The predicted molar refractivity (Wildman–Crippen MR) is 75.9 cm³/mol. The Morgan fingerprint density at radius 3 is 2.42 bits per heavy atom. The van der Waals surface area contributed by atoms with Gasteiger partial charge in [-0.2, -0.15) is 4.98 Å². The van der Waals surface area contributed by atoms with Crippen LogP contribution in [0.4, 0.5) is 0 Å². The minimum Gasteiger partial charge on any atom is -0.384 e. The van der Waals surface area contributed by atoms with E-state index in [0.717, 1.165) is 37.6 Å². The van der Waals surface area contributed by atoms with Crippen LogP contribution in [0.3, 0.4) is 0 Å². The maximum absolute atomic E-state index is 5.52. The van der Waals surface area contributed by atoms with Crippen LogP contribution in [-0.2, 0) is 15.6 Å². The lowest BCUT2D eigenvalue weighted by molar-refractivity contribution is 0.0849. The molecule has 1 saturated heterocycles. The summed E-state index contributed by atoms with van der Waals surface area (Å²) in [5.41, 5.74) is -0.195. The number of nitrogens with zero attached hydrogens (tertiary/aromatic N) is 2. The van der Waals surface area contributed by atoms with E-state index in [1.54, 1.807) is 7.11 Å². The van der Waals surface area contributed by atoms with Crippen molar-refractivity contribution in [3.8, 4) is 0 Å². The van der Waals surface area contributed by atoms with Crippen molar-refractivity contribution in [3.05, 3.63) is 11.7 Å². The highest BCUT2D eigenvalue weighted by Crippen LogP contribution is 2.33. The van der Waals surface area contributed by atoms with E-state index in [9.17, 15) is 0 Å². The first kappa shape index (κ1) is 16.4. The Bertz CT molecular complexity index is 389. The average Bonchev–Trinajstić information content (AvgIpc) is 2.80. The minimum absolute atomic E-state index is 0. The fourth-order valence-corrected chi connectivity index (χ4v) is 2.35. The summed E-state index contributed by atoms with van der Waals surface area (Å²) in [4.78, 5) is 4.61. The molecule has 0 amide bonds. The van der Waals surface area contributed by atoms with Crippen LogP contribution in [0.15, 0.2) is 4.52 Å². The molecule has 110 valence electrons. The molecule has 0 atom stereocenters. The molecule has 0 spiro atoms. The van der Waals surface area contributed by atoms with E-state index in [4.69, 9.17) is 9.26 Å². The molecule has 1 aromatic heterocycles. The third kappa shape index (κ3) is 3.46. The Morgan fingerprint density at radius 1 is 1.32 bits per heavy atom. The number of nitrogens with one attached hydrogen (secondary N) is 1. The van der Waals surface area contributed by atoms with Crippen molar-refractivity contribution in [2.75, 3.05) is 26.8 Å². The lowest BCUT2D eigenvalue weighted by Crippen LogP contribution is -2.43. The van der Waals surface area contributed by atoms with Crippen molar-refractivity contribution in [3.63, 3.8) is 0 Å². The highest BCUT2D eigenvalue weighted by atomic mass is 35.5. The molecule has 1 aliphatic rings. The summed E-state index contributed by atoms with van der Waals surface area (Å²) in [6, 6.07) is 0. The van der Waals surface area contributed by atoms with Gasteiger partial charge < -0.3 is 14.6 Å². The Kier molecular flexibility index (Phi) is 5.35. The molecule has 1 aliphatic heterocycles. The number of halogens is 1. The second-order valence-electron chi connectivity index (χ2n) is 6.14. The summed E-state index contributed by atoms with van der Waals surface area (Å²) in [6.07, 6.45) is 1.96. The van der Waals surface area contributed by atoms with Gasteiger partial charge in [0.2, 0.25) is 5.89 Å². The first-order valence-corrected chi connectivity index (χ1v) is 6.52. The average molecular weight is 290 g/mol. The Morgan fingerprint density at radius 2 is 1.95 bits per heavy atom. The molecular weight excluding hydrogens is 266 g/mol. The van der Waals surface area contributed by atoms with Crippen molar-refractivity contribution in [2.45, 2.75) is 44.4 Å². The first-order valence-electron chi connectivity index (χ1n) is 6.52. The zero-order valence-electron chi connectivity index (χ0n) is 12.2. The van der Waals surface area contributed by atoms with Gasteiger partial charge in [0.15, 0.2) is 5.82 Å². The molecule has 2 rings (SSSR count). The summed E-state index contributed by atoms with van der Waals surface area (Å²) in [5.74, 6) is 1.50. The fraction of sp³-hybridized carbons (Fsp3) is 0.846. The van der Waals surface area contributed by atoms with Crippen molar-refractivity contribution < 1.29 is 9.26 Å². The van der Waals surface area contributed by atoms with Crippen LogP contribution in [0.25, 0.3) is 0 Å². The van der Waals surface area contributed by atoms with E-state index in [-0.39, 0.29) is 23.2 Å². The van der Waals surface area contributed by atoms with Crippen LogP contribution in [0, 0.1) is 0 Å². The van der Waals surface area contributed by atoms with Gasteiger partial charge in [0.1, 0.15) is 0 Å². The van der Waals surface area contributed by atoms with Crippen LogP contribution in [0.1, 0.15) is 45.3 Å². The van der Waals surface area contributed by atoms with Gasteiger partial charge in [-0.1, -0.05) is 25.9 Å². The van der Waals surface area contributed by atoms with Crippen molar-refractivity contribution in [2.24, 2.45) is 0 Å². The Hall–Kier alpha value is -0.650. The Labute approximate surface area is 120 Å². The third-order valence-corrected chi connectivity index (χ3v) is 3.53. The normalized spacial score (nSPS) is 18.9. The monoisotopic (exact) mass is 289 g/mol. The van der Waals surface area contributed by atoms with Gasteiger partial charge in [-0.05, 0) is 25.9 Å². The summed E-state index contributed by atoms with van der Waals surface area (Å²) in [7, 11) is 1.73. The van der Waals surface area contributed by atoms with E-state index in [2.05, 4.69) is 36.2 Å². The van der Waals surface area contributed by atoms with Gasteiger partial charge in [-0.15, -0.1) is 12.4 Å². The summed E-state index contributed by atoms with van der Waals surface area (Å²) < 4.78 is 10.9. The standard InChI is InChI=1S/C13H23N3O2.ClH/c1-12(2,3)10-15-11(18-16-10)13(9-17-4)5-7-14-8-6-13;/h14H,5-9H2,1-4H3;1H. The molecule has 0 bridgehead atoms. The molecule has 0 aromatic carbocycles. The van der Waals surface area contributed by atoms with Crippen molar-refractivity contribution >= 4 is 12.4 Å². The number of ether oxygens (including phenoxy) is 1. The number of piperidine rings is 1. The molecular formula is C13H24ClN3O2. The van der Waals surface area contributed by atoms with Crippen LogP contribution in [0.5, 0.6) is 0 Å². The molecule has 0 radical (unpaired) electrons. The largest absolute Gasteiger partial charge is 0.384 e. The molecule has 1 N–H and O–H groups in total. The third-order valence-electron chi connectivity index (χ3n) is 3.53. The molecule has 0 aliphatic carbocycles. The van der Waals surface area contributed by atoms with Gasteiger partial charge in [0.05, 0.1) is 12.0 Å². The van der Waals surface area contributed by atoms with Crippen LogP contribution in [-0.4, -0.2) is 36.9 Å². The van der Waals surface area contributed by atoms with Gasteiger partial charge in [0, 0.05) is 12.5 Å². The van der Waals surface area contributed by atoms with E-state index >= 15 is 0 Å². The van der Waals surface area contributed by atoms with Gasteiger partial charge >= 0.3 is 0 Å². The number of aromatic nitrogens is 2. The molecule has 1 fully saturated rings. The minimum atomic E-state index is -0.115. The number of hydrogen-bond donors (Lipinski definition) is 1. The van der Waals surface area contributed by atoms with Gasteiger partial charge in [0.25, 0.3) is 0 Å². The van der Waals surface area contributed by atoms with Crippen LogP contribution >= 0.6 is 12.4 Å². The zero-order valence-corrected chi connectivity index (χ0v) is 13.0. The SMILES string of the molecule is COCC1(c2nc(C(C)(C)C)no2)CCNCC1.Cl. The number of hydrogen-bond acceptors (Lipinski definition) is 5. The van der Waals surface area contributed by atoms with Crippen molar-refractivity contribution in [1.82, 2.24) is 15.5 Å². The number of methoxy groups -OCH3 is 1. The Balaban J connectivity index is 0.00000180. The molecule has 5 nitrogen and oxygen atoms in total. The maximum atomic E-state index is 5.52. The molecule has 2 heterocycles. The topological polar surface area (TPSA) is 60.2 Å². The summed E-state index contributed by atoms with van der Waals surface area (Å²) >= 11 is 0. The quantitative estimate of drug-likeness (QED) is 0.923. The molecule has 1 aromatic rings. The summed E-state index contributed by atoms with van der Waals surface area (Å²) in [6.45, 7) is 8.85. The molecule has 0 saturated carbocycles. The zero-order chi connectivity index (χ0) is 13.2. The predicted octanol–water partition coefficient (Wildman–Crippen LogP) is 2.06. The first-order chi connectivity index (χ1) is 8.48. The van der Waals surface area contributed by atoms with Crippen LogP contribution < -0.4 is 5.32 Å². The van der Waals surface area contributed by atoms with Crippen molar-refractivity contribution in [1.29, 1.82) is 0 Å². The van der Waals surface area contributed by atoms with E-state index in [1.165, 1.54) is 0 Å². The van der Waals surface area contributed by atoms with Gasteiger partial charge in [-0.25, -0.2) is 0 Å². The highest BCUT2D eigenvalue weighted by molar-refractivity contribution is 5.85. The van der Waals surface area contributed by atoms with Gasteiger partial charge in [-0.3, -0.25) is 0 Å². The number of rotatable bonds is 3. The lowest BCUT2D eigenvalue weighted by Gasteiger charge is -2.33.